The third kappa shape index (κ3) is 6.36. The van der Waals surface area contributed by atoms with E-state index in [9.17, 15) is 9.59 Å². The molecule has 31 heavy (non-hydrogen) atoms. The lowest BCUT2D eigenvalue weighted by Crippen LogP contribution is -2.19. The van der Waals surface area contributed by atoms with Crippen LogP contribution in [0.2, 0.25) is 5.02 Å². The monoisotopic (exact) mass is 452 g/mol. The lowest BCUT2D eigenvalue weighted by atomic mass is 10.1. The van der Waals surface area contributed by atoms with Crippen molar-refractivity contribution < 1.29 is 9.59 Å². The minimum absolute atomic E-state index is 0.0153. The summed E-state index contributed by atoms with van der Waals surface area (Å²) in [5.74, 6) is -0.152. The maximum absolute atomic E-state index is 13.3. The van der Waals surface area contributed by atoms with Gasteiger partial charge in [0.15, 0.2) is 0 Å². The highest BCUT2D eigenvalue weighted by atomic mass is 35.5. The molecular weight excluding hydrogens is 428 g/mol. The Morgan fingerprint density at radius 2 is 1.71 bits per heavy atom. The Balaban J connectivity index is 1.84. The molecule has 3 aromatic rings. The van der Waals surface area contributed by atoms with E-state index in [2.05, 4.69) is 10.6 Å². The number of hydrogen-bond donors (Lipinski definition) is 2. The predicted molar refractivity (Wildman–Crippen MR) is 130 cm³/mol. The van der Waals surface area contributed by atoms with Crippen molar-refractivity contribution in [2.45, 2.75) is 36.8 Å². The summed E-state index contributed by atoms with van der Waals surface area (Å²) in [6, 6.07) is 22.7. The second kappa shape index (κ2) is 11.0. The number of carbonyl (C=O) groups excluding carboxylic acids is 2. The fraction of sp³-hybridized carbons (Fsp3) is 0.200. The minimum atomic E-state index is -0.471. The van der Waals surface area contributed by atoms with Crippen LogP contribution in [0, 0.1) is 6.92 Å². The van der Waals surface area contributed by atoms with Gasteiger partial charge in [0, 0.05) is 27.7 Å². The summed E-state index contributed by atoms with van der Waals surface area (Å²) in [7, 11) is 0. The summed E-state index contributed by atoms with van der Waals surface area (Å²) in [5.41, 5.74) is 3.14. The van der Waals surface area contributed by atoms with E-state index in [-0.39, 0.29) is 11.8 Å². The highest BCUT2D eigenvalue weighted by Crippen LogP contribution is 2.37. The fourth-order valence-corrected chi connectivity index (χ4v) is 4.33. The quantitative estimate of drug-likeness (QED) is 0.367. The van der Waals surface area contributed by atoms with Crippen LogP contribution in [0.15, 0.2) is 77.7 Å². The van der Waals surface area contributed by atoms with E-state index in [0.29, 0.717) is 17.1 Å². The molecule has 0 heterocycles. The van der Waals surface area contributed by atoms with E-state index in [1.165, 1.54) is 11.8 Å². The Labute approximate surface area is 192 Å². The van der Waals surface area contributed by atoms with Crippen LogP contribution in [0.3, 0.4) is 0 Å². The number of anilines is 2. The zero-order valence-corrected chi connectivity index (χ0v) is 19.1. The number of hydrogen-bond acceptors (Lipinski definition) is 3. The summed E-state index contributed by atoms with van der Waals surface area (Å²) in [6.45, 7) is 3.85. The van der Waals surface area contributed by atoms with E-state index < -0.39 is 5.25 Å². The van der Waals surface area contributed by atoms with Crippen molar-refractivity contribution in [2.24, 2.45) is 0 Å². The highest BCUT2D eigenvalue weighted by molar-refractivity contribution is 8.00. The van der Waals surface area contributed by atoms with Crippen molar-refractivity contribution >= 4 is 46.6 Å². The number of halogens is 1. The number of thioether (sulfide) groups is 1. The van der Waals surface area contributed by atoms with Gasteiger partial charge in [-0.25, -0.2) is 0 Å². The van der Waals surface area contributed by atoms with E-state index in [4.69, 9.17) is 11.6 Å². The molecule has 0 saturated heterocycles. The summed E-state index contributed by atoms with van der Waals surface area (Å²) in [5, 5.41) is 6.07. The van der Waals surface area contributed by atoms with Gasteiger partial charge in [-0.05, 0) is 54.8 Å². The third-order valence-corrected chi connectivity index (χ3v) is 6.37. The lowest BCUT2D eigenvalue weighted by molar-refractivity contribution is -0.116. The number of amides is 2. The molecule has 0 bridgehead atoms. The zero-order valence-electron chi connectivity index (χ0n) is 17.5. The summed E-state index contributed by atoms with van der Waals surface area (Å²) in [6.07, 6.45) is 1.27. The Morgan fingerprint density at radius 3 is 2.45 bits per heavy atom. The average Bonchev–Trinajstić information content (AvgIpc) is 2.76. The first-order chi connectivity index (χ1) is 15.0. The van der Waals surface area contributed by atoms with Gasteiger partial charge < -0.3 is 10.6 Å². The molecule has 2 N–H and O–H groups in total. The Hall–Kier alpha value is -2.76. The molecule has 1 unspecified atom stereocenters. The van der Waals surface area contributed by atoms with E-state index in [1.54, 1.807) is 6.07 Å². The molecule has 6 heteroatoms. The maximum atomic E-state index is 13.3. The van der Waals surface area contributed by atoms with Gasteiger partial charge in [0.25, 0.3) is 0 Å². The van der Waals surface area contributed by atoms with Crippen LogP contribution in [0.4, 0.5) is 11.4 Å². The molecule has 0 aliphatic rings. The van der Waals surface area contributed by atoms with E-state index in [1.807, 2.05) is 80.6 Å². The van der Waals surface area contributed by atoms with Crippen molar-refractivity contribution in [2.75, 3.05) is 10.6 Å². The first kappa shape index (κ1) is 22.9. The number of benzene rings is 3. The molecule has 0 saturated carbocycles. The van der Waals surface area contributed by atoms with Gasteiger partial charge in [-0.2, -0.15) is 0 Å². The summed E-state index contributed by atoms with van der Waals surface area (Å²) >= 11 is 7.65. The van der Waals surface area contributed by atoms with Crippen LogP contribution in [0.1, 0.15) is 36.1 Å². The van der Waals surface area contributed by atoms with Crippen LogP contribution in [0.5, 0.6) is 0 Å². The molecule has 0 aliphatic carbocycles. The summed E-state index contributed by atoms with van der Waals surface area (Å²) < 4.78 is 0. The van der Waals surface area contributed by atoms with Crippen molar-refractivity contribution in [1.82, 2.24) is 0 Å². The topological polar surface area (TPSA) is 58.2 Å². The SMILES string of the molecule is CCCC(=O)Nc1cccc(SC(C(=O)Nc2cccc(Cl)c2C)c2ccccc2)c1. The predicted octanol–water partition coefficient (Wildman–Crippen LogP) is 6.86. The van der Waals surface area contributed by atoms with Gasteiger partial charge in [0.05, 0.1) is 0 Å². The molecule has 0 spiro atoms. The van der Waals surface area contributed by atoms with Gasteiger partial charge in [0.1, 0.15) is 5.25 Å². The molecule has 0 fully saturated rings. The first-order valence-electron chi connectivity index (χ1n) is 10.2. The van der Waals surface area contributed by atoms with Crippen molar-refractivity contribution in [3.05, 3.63) is 88.9 Å². The second-order valence-corrected chi connectivity index (χ2v) is 8.72. The van der Waals surface area contributed by atoms with Crippen molar-refractivity contribution in [1.29, 1.82) is 0 Å². The second-order valence-electron chi connectivity index (χ2n) is 7.14. The molecule has 0 aromatic heterocycles. The molecule has 160 valence electrons. The maximum Gasteiger partial charge on any atom is 0.242 e. The van der Waals surface area contributed by atoms with Gasteiger partial charge in [0.2, 0.25) is 11.8 Å². The third-order valence-electron chi connectivity index (χ3n) is 4.71. The summed E-state index contributed by atoms with van der Waals surface area (Å²) in [4.78, 5) is 26.1. The molecule has 0 radical (unpaired) electrons. The van der Waals surface area contributed by atoms with Gasteiger partial charge in [-0.3, -0.25) is 9.59 Å². The minimum Gasteiger partial charge on any atom is -0.326 e. The highest BCUT2D eigenvalue weighted by Gasteiger charge is 2.23. The molecule has 2 amide bonds. The Kier molecular flexibility index (Phi) is 8.15. The van der Waals surface area contributed by atoms with Crippen LogP contribution >= 0.6 is 23.4 Å². The fourth-order valence-electron chi connectivity index (χ4n) is 3.08. The van der Waals surface area contributed by atoms with E-state index >= 15 is 0 Å². The van der Waals surface area contributed by atoms with Gasteiger partial charge in [-0.15, -0.1) is 11.8 Å². The first-order valence-corrected chi connectivity index (χ1v) is 11.4. The normalized spacial score (nSPS) is 11.6. The molecule has 4 nitrogen and oxygen atoms in total. The van der Waals surface area contributed by atoms with Crippen LogP contribution in [0.25, 0.3) is 0 Å². The molecule has 3 rings (SSSR count). The number of rotatable bonds is 8. The van der Waals surface area contributed by atoms with E-state index in [0.717, 1.165) is 28.1 Å². The Bertz CT molecular complexity index is 1060. The van der Waals surface area contributed by atoms with Crippen LogP contribution in [-0.2, 0) is 9.59 Å². The van der Waals surface area contributed by atoms with Crippen molar-refractivity contribution in [3.63, 3.8) is 0 Å². The average molecular weight is 453 g/mol. The molecule has 1 atom stereocenters. The standard InChI is InChI=1S/C25H25ClN2O2S/c1-3-9-23(29)27-19-12-7-13-20(16-19)31-24(18-10-5-4-6-11-18)25(30)28-22-15-8-14-21(26)17(22)2/h4-8,10-16,24H,3,9H2,1-2H3,(H,27,29)(H,28,30). The van der Waals surface area contributed by atoms with Crippen LogP contribution in [-0.4, -0.2) is 11.8 Å². The molecular formula is C25H25ClN2O2S. The van der Waals surface area contributed by atoms with Gasteiger partial charge >= 0.3 is 0 Å². The largest absolute Gasteiger partial charge is 0.326 e. The number of carbonyl (C=O) groups is 2. The Morgan fingerprint density at radius 1 is 0.968 bits per heavy atom. The van der Waals surface area contributed by atoms with Gasteiger partial charge in [-0.1, -0.05) is 61.0 Å². The zero-order chi connectivity index (χ0) is 22.2. The lowest BCUT2D eigenvalue weighted by Gasteiger charge is -2.19. The molecule has 3 aromatic carbocycles. The van der Waals surface area contributed by atoms with Crippen LogP contribution < -0.4 is 10.6 Å². The van der Waals surface area contributed by atoms with Crippen molar-refractivity contribution in [3.8, 4) is 0 Å². The smallest absolute Gasteiger partial charge is 0.242 e. The number of nitrogens with one attached hydrogen (secondary N) is 2. The molecule has 0 aliphatic heterocycles.